The second-order valence-electron chi connectivity index (χ2n) is 7.99. The Balaban J connectivity index is 1.81. The first-order valence-electron chi connectivity index (χ1n) is 11.8. The third kappa shape index (κ3) is 12.5. The second-order valence-corrected chi connectivity index (χ2v) is 7.99. The van der Waals surface area contributed by atoms with Crippen LogP contribution in [0.4, 0.5) is 0 Å². The van der Waals surface area contributed by atoms with Gasteiger partial charge in [0.15, 0.2) is 0 Å². The molecule has 0 spiro atoms. The summed E-state index contributed by atoms with van der Waals surface area (Å²) in [5.41, 5.74) is 0. The van der Waals surface area contributed by atoms with Gasteiger partial charge in [-0.15, -0.1) is 0 Å². The molecule has 0 aliphatic carbocycles. The van der Waals surface area contributed by atoms with Gasteiger partial charge in [-0.1, -0.05) is 103 Å². The maximum Gasteiger partial charge on any atom is 0.103 e. The van der Waals surface area contributed by atoms with Gasteiger partial charge in [-0.2, -0.15) is 0 Å². The molecule has 0 atom stereocenters. The first kappa shape index (κ1) is 23.2. The van der Waals surface area contributed by atoms with Gasteiger partial charge in [-0.25, -0.2) is 0 Å². The van der Waals surface area contributed by atoms with Crippen molar-refractivity contribution < 1.29 is 0 Å². The molecule has 2 heteroatoms. The molecule has 1 aliphatic heterocycles. The van der Waals surface area contributed by atoms with Crippen LogP contribution in [0, 0.1) is 0 Å². The molecule has 0 fully saturated rings. The molecular formula is C24H46N2. The van der Waals surface area contributed by atoms with E-state index in [4.69, 9.17) is 0 Å². The third-order valence-electron chi connectivity index (χ3n) is 5.46. The topological polar surface area (TPSA) is 15.6 Å². The Kier molecular flexibility index (Phi) is 15.8. The van der Waals surface area contributed by atoms with Crippen LogP contribution in [0.1, 0.15) is 117 Å². The van der Waals surface area contributed by atoms with E-state index in [9.17, 15) is 0 Å². The molecule has 1 heterocycles. The Morgan fingerprint density at radius 3 is 1.88 bits per heavy atom. The highest BCUT2D eigenvalue weighted by molar-refractivity contribution is 5.85. The van der Waals surface area contributed by atoms with Gasteiger partial charge in [0, 0.05) is 19.5 Å². The molecule has 0 bridgehead atoms. The standard InChI is InChI=1S/C24H46N2/c1-3-5-6-7-8-9-10-11-12-13-14-15-16-17-18-19-20-24-25-21-23-26(24)22-4-2/h18-19H,3-17,20-23H2,1-2H3. The number of amidine groups is 1. The summed E-state index contributed by atoms with van der Waals surface area (Å²) in [7, 11) is 0. The number of aliphatic imine (C=N–C) groups is 1. The minimum atomic E-state index is 1.00. The van der Waals surface area contributed by atoms with Crippen LogP contribution in [0.2, 0.25) is 0 Å². The van der Waals surface area contributed by atoms with Crippen LogP contribution in [0.5, 0.6) is 0 Å². The molecule has 1 aliphatic rings. The first-order valence-corrected chi connectivity index (χ1v) is 11.8. The molecule has 26 heavy (non-hydrogen) atoms. The van der Waals surface area contributed by atoms with Crippen LogP contribution in [0.25, 0.3) is 0 Å². The summed E-state index contributed by atoms with van der Waals surface area (Å²) >= 11 is 0. The number of nitrogens with zero attached hydrogens (tertiary/aromatic N) is 2. The van der Waals surface area contributed by atoms with E-state index in [-0.39, 0.29) is 0 Å². The fourth-order valence-corrected chi connectivity index (χ4v) is 3.82. The Bertz CT molecular complexity index is 359. The van der Waals surface area contributed by atoms with Crippen LogP contribution in [-0.2, 0) is 0 Å². The maximum absolute atomic E-state index is 4.63. The second kappa shape index (κ2) is 17.6. The van der Waals surface area contributed by atoms with E-state index in [1.807, 2.05) is 0 Å². The number of allylic oxidation sites excluding steroid dienone is 1. The summed E-state index contributed by atoms with van der Waals surface area (Å²) < 4.78 is 0. The average molecular weight is 363 g/mol. The summed E-state index contributed by atoms with van der Waals surface area (Å²) in [6.45, 7) is 7.85. The lowest BCUT2D eigenvalue weighted by molar-refractivity contribution is 0.450. The van der Waals surface area contributed by atoms with Gasteiger partial charge in [-0.05, 0) is 19.3 Å². The molecule has 0 unspecified atom stereocenters. The summed E-state index contributed by atoms with van der Waals surface area (Å²) in [4.78, 5) is 7.09. The summed E-state index contributed by atoms with van der Waals surface area (Å²) in [6, 6.07) is 0. The Hall–Kier alpha value is -0.790. The lowest BCUT2D eigenvalue weighted by Crippen LogP contribution is -2.27. The van der Waals surface area contributed by atoms with Crippen LogP contribution in [0.15, 0.2) is 17.1 Å². The van der Waals surface area contributed by atoms with Gasteiger partial charge < -0.3 is 4.90 Å². The minimum Gasteiger partial charge on any atom is -0.358 e. The third-order valence-corrected chi connectivity index (χ3v) is 5.46. The maximum atomic E-state index is 4.63. The molecule has 0 aromatic heterocycles. The molecule has 1 rings (SSSR count). The highest BCUT2D eigenvalue weighted by atomic mass is 15.2. The van der Waals surface area contributed by atoms with Crippen molar-refractivity contribution in [2.45, 2.75) is 117 Å². The molecule has 0 aromatic carbocycles. The Labute approximate surface area is 164 Å². The zero-order valence-electron chi connectivity index (χ0n) is 18.0. The van der Waals surface area contributed by atoms with E-state index >= 15 is 0 Å². The smallest absolute Gasteiger partial charge is 0.103 e. The number of unbranched alkanes of at least 4 members (excludes halogenated alkanes) is 13. The predicted octanol–water partition coefficient (Wildman–Crippen LogP) is 7.54. The highest BCUT2D eigenvalue weighted by Crippen LogP contribution is 2.13. The fourth-order valence-electron chi connectivity index (χ4n) is 3.82. The van der Waals surface area contributed by atoms with Gasteiger partial charge >= 0.3 is 0 Å². The molecule has 0 N–H and O–H groups in total. The van der Waals surface area contributed by atoms with Crippen LogP contribution < -0.4 is 0 Å². The van der Waals surface area contributed by atoms with Crippen molar-refractivity contribution >= 4 is 5.84 Å². The zero-order valence-corrected chi connectivity index (χ0v) is 18.0. The van der Waals surface area contributed by atoms with Crippen molar-refractivity contribution in [1.29, 1.82) is 0 Å². The molecule has 0 aromatic rings. The number of rotatable bonds is 18. The van der Waals surface area contributed by atoms with E-state index in [0.717, 1.165) is 19.5 Å². The van der Waals surface area contributed by atoms with Crippen molar-refractivity contribution in [2.75, 3.05) is 19.6 Å². The molecule has 0 saturated carbocycles. The highest BCUT2D eigenvalue weighted by Gasteiger charge is 2.13. The molecule has 2 nitrogen and oxygen atoms in total. The quantitative estimate of drug-likeness (QED) is 0.182. The molecule has 0 radical (unpaired) electrons. The average Bonchev–Trinajstić information content (AvgIpc) is 3.09. The summed E-state index contributed by atoms with van der Waals surface area (Å²) in [5, 5.41) is 0. The van der Waals surface area contributed by atoms with Crippen molar-refractivity contribution in [3.63, 3.8) is 0 Å². The van der Waals surface area contributed by atoms with E-state index in [0.29, 0.717) is 0 Å². The van der Waals surface area contributed by atoms with Gasteiger partial charge in [0.25, 0.3) is 0 Å². The lowest BCUT2D eigenvalue weighted by atomic mass is 10.0. The number of hydrogen-bond acceptors (Lipinski definition) is 2. The normalized spacial score (nSPS) is 14.5. The van der Waals surface area contributed by atoms with Gasteiger partial charge in [0.1, 0.15) is 5.84 Å². The Morgan fingerprint density at radius 1 is 0.731 bits per heavy atom. The Morgan fingerprint density at radius 2 is 1.31 bits per heavy atom. The van der Waals surface area contributed by atoms with E-state index in [1.54, 1.807) is 0 Å². The summed E-state index contributed by atoms with van der Waals surface area (Å²) in [5.74, 6) is 1.31. The van der Waals surface area contributed by atoms with Crippen molar-refractivity contribution in [1.82, 2.24) is 4.90 Å². The molecule has 0 saturated heterocycles. The molecular weight excluding hydrogens is 316 g/mol. The zero-order chi connectivity index (χ0) is 18.7. The van der Waals surface area contributed by atoms with Crippen molar-refractivity contribution in [2.24, 2.45) is 4.99 Å². The monoisotopic (exact) mass is 362 g/mol. The fraction of sp³-hybridized carbons (Fsp3) is 0.875. The minimum absolute atomic E-state index is 1.00. The molecule has 0 amide bonds. The molecule has 152 valence electrons. The van der Waals surface area contributed by atoms with E-state index in [1.165, 1.54) is 109 Å². The van der Waals surface area contributed by atoms with Crippen LogP contribution >= 0.6 is 0 Å². The first-order chi connectivity index (χ1) is 12.9. The van der Waals surface area contributed by atoms with Crippen molar-refractivity contribution in [3.05, 3.63) is 12.2 Å². The van der Waals surface area contributed by atoms with E-state index < -0.39 is 0 Å². The van der Waals surface area contributed by atoms with Crippen LogP contribution in [0.3, 0.4) is 0 Å². The van der Waals surface area contributed by atoms with Gasteiger partial charge in [-0.3, -0.25) is 4.99 Å². The van der Waals surface area contributed by atoms with Crippen LogP contribution in [-0.4, -0.2) is 30.4 Å². The predicted molar refractivity (Wildman–Crippen MR) is 118 cm³/mol. The SMILES string of the molecule is CCCCCCCCCCCCCCCC=CCC1=NCCN1CCC. The number of hydrogen-bond donors (Lipinski definition) is 0. The lowest BCUT2D eigenvalue weighted by Gasteiger charge is -2.18. The van der Waals surface area contributed by atoms with Gasteiger partial charge in [0.2, 0.25) is 0 Å². The van der Waals surface area contributed by atoms with Crippen molar-refractivity contribution in [3.8, 4) is 0 Å². The summed E-state index contributed by atoms with van der Waals surface area (Å²) in [6.07, 6.45) is 26.9. The largest absolute Gasteiger partial charge is 0.358 e. The van der Waals surface area contributed by atoms with Gasteiger partial charge in [0.05, 0.1) is 6.54 Å². The van der Waals surface area contributed by atoms with E-state index in [2.05, 4.69) is 35.9 Å².